The van der Waals surface area contributed by atoms with Gasteiger partial charge in [0.2, 0.25) is 0 Å². The topological polar surface area (TPSA) is 93.7 Å². The molecule has 0 spiro atoms. The third-order valence-electron chi connectivity index (χ3n) is 3.90. The van der Waals surface area contributed by atoms with Gasteiger partial charge in [-0.05, 0) is 37.1 Å². The first-order chi connectivity index (χ1) is 13.5. The van der Waals surface area contributed by atoms with Crippen molar-refractivity contribution >= 4 is 35.1 Å². The maximum atomic E-state index is 12.2. The Labute approximate surface area is 167 Å². The summed E-state index contributed by atoms with van der Waals surface area (Å²) < 4.78 is 10.1. The quantitative estimate of drug-likeness (QED) is 0.662. The van der Waals surface area contributed by atoms with Gasteiger partial charge >= 0.3 is 5.97 Å². The van der Waals surface area contributed by atoms with E-state index in [0.717, 1.165) is 12.8 Å². The van der Waals surface area contributed by atoms with Crippen LogP contribution in [0, 0.1) is 0 Å². The van der Waals surface area contributed by atoms with Crippen LogP contribution >= 0.6 is 11.6 Å². The summed E-state index contributed by atoms with van der Waals surface area (Å²) in [5.41, 5.74) is 0.713. The summed E-state index contributed by atoms with van der Waals surface area (Å²) in [6.07, 6.45) is 1.93. The highest BCUT2D eigenvalue weighted by Crippen LogP contribution is 2.23. The molecule has 0 atom stereocenters. The molecule has 1 saturated carbocycles. The van der Waals surface area contributed by atoms with Gasteiger partial charge in [-0.2, -0.15) is 0 Å². The van der Waals surface area contributed by atoms with Gasteiger partial charge in [-0.1, -0.05) is 35.9 Å². The van der Waals surface area contributed by atoms with E-state index in [2.05, 4.69) is 10.6 Å². The Morgan fingerprint density at radius 2 is 1.71 bits per heavy atom. The smallest absolute Gasteiger partial charge is 0.344 e. The predicted octanol–water partition coefficient (Wildman–Crippen LogP) is 2.79. The Balaban J connectivity index is 1.47. The number of para-hydroxylation sites is 2. The first kappa shape index (κ1) is 19.7. The zero-order chi connectivity index (χ0) is 19.9. The molecule has 2 aromatic rings. The molecule has 7 nitrogen and oxygen atoms in total. The number of anilines is 1. The highest BCUT2D eigenvalue weighted by atomic mass is 35.5. The van der Waals surface area contributed by atoms with Crippen molar-refractivity contribution in [2.45, 2.75) is 18.9 Å². The molecule has 1 aliphatic rings. The molecule has 2 aromatic carbocycles. The Morgan fingerprint density at radius 3 is 2.46 bits per heavy atom. The minimum Gasteiger partial charge on any atom is -0.480 e. The fraction of sp³-hybridized carbons (Fsp3) is 0.250. The molecule has 8 heteroatoms. The molecule has 0 aliphatic heterocycles. The summed E-state index contributed by atoms with van der Waals surface area (Å²) in [6, 6.07) is 13.6. The number of hydrogen-bond donors (Lipinski definition) is 2. The van der Waals surface area contributed by atoms with E-state index in [-0.39, 0.29) is 18.6 Å². The monoisotopic (exact) mass is 402 g/mol. The van der Waals surface area contributed by atoms with Crippen molar-refractivity contribution in [3.63, 3.8) is 0 Å². The van der Waals surface area contributed by atoms with E-state index in [1.165, 1.54) is 0 Å². The van der Waals surface area contributed by atoms with E-state index in [4.69, 9.17) is 21.1 Å². The average molecular weight is 403 g/mol. The van der Waals surface area contributed by atoms with Crippen LogP contribution in [-0.2, 0) is 14.3 Å². The highest BCUT2D eigenvalue weighted by molar-refractivity contribution is 6.32. The number of carbonyl (C=O) groups is 3. The number of esters is 1. The van der Waals surface area contributed by atoms with Crippen molar-refractivity contribution in [2.75, 3.05) is 18.5 Å². The molecule has 3 rings (SSSR count). The standard InChI is InChI=1S/C20H19ClN2O5/c21-15-6-2-4-8-17(15)27-12-19(25)28-11-18(24)23-16-7-3-1-5-14(16)20(26)22-13-9-10-13/h1-8,13H,9-12H2,(H,22,26)(H,23,24). The van der Waals surface area contributed by atoms with E-state index in [1.807, 2.05) is 0 Å². The Kier molecular flexibility index (Phi) is 6.49. The zero-order valence-electron chi connectivity index (χ0n) is 14.9. The highest BCUT2D eigenvalue weighted by Gasteiger charge is 2.25. The molecule has 1 aliphatic carbocycles. The normalized spacial score (nSPS) is 12.8. The largest absolute Gasteiger partial charge is 0.480 e. The van der Waals surface area contributed by atoms with Crippen LogP contribution in [0.1, 0.15) is 23.2 Å². The molecule has 1 fully saturated rings. The molecule has 2 N–H and O–H groups in total. The van der Waals surface area contributed by atoms with Crippen LogP contribution in [0.25, 0.3) is 0 Å². The zero-order valence-corrected chi connectivity index (χ0v) is 15.7. The lowest BCUT2D eigenvalue weighted by molar-refractivity contribution is -0.149. The van der Waals surface area contributed by atoms with Crippen LogP contribution in [0.5, 0.6) is 5.75 Å². The number of carbonyl (C=O) groups excluding carboxylic acids is 3. The fourth-order valence-electron chi connectivity index (χ4n) is 2.35. The Hall–Kier alpha value is -3.06. The third-order valence-corrected chi connectivity index (χ3v) is 4.22. The van der Waals surface area contributed by atoms with Crippen LogP contribution in [-0.4, -0.2) is 37.0 Å². The van der Waals surface area contributed by atoms with Crippen LogP contribution in [0.2, 0.25) is 5.02 Å². The number of rotatable bonds is 8. The minimum atomic E-state index is -0.713. The van der Waals surface area contributed by atoms with Gasteiger partial charge in [0.05, 0.1) is 16.3 Å². The molecular formula is C20H19ClN2O5. The molecule has 0 radical (unpaired) electrons. The van der Waals surface area contributed by atoms with Crippen LogP contribution in [0.3, 0.4) is 0 Å². The van der Waals surface area contributed by atoms with Crippen molar-refractivity contribution in [1.82, 2.24) is 5.32 Å². The van der Waals surface area contributed by atoms with Crippen molar-refractivity contribution in [2.24, 2.45) is 0 Å². The number of halogens is 1. The average Bonchev–Trinajstić information content (AvgIpc) is 3.50. The van der Waals surface area contributed by atoms with E-state index in [0.29, 0.717) is 22.0 Å². The van der Waals surface area contributed by atoms with Gasteiger partial charge in [0.25, 0.3) is 11.8 Å². The first-order valence-electron chi connectivity index (χ1n) is 8.75. The number of benzene rings is 2. The molecule has 2 amide bonds. The van der Waals surface area contributed by atoms with Crippen LogP contribution in [0.4, 0.5) is 5.69 Å². The van der Waals surface area contributed by atoms with Gasteiger partial charge < -0.3 is 20.1 Å². The number of ether oxygens (including phenoxy) is 2. The summed E-state index contributed by atoms with van der Waals surface area (Å²) in [7, 11) is 0. The Morgan fingerprint density at radius 1 is 1.00 bits per heavy atom. The second-order valence-corrected chi connectivity index (χ2v) is 6.63. The molecule has 0 bridgehead atoms. The van der Waals surface area contributed by atoms with E-state index in [9.17, 15) is 14.4 Å². The lowest BCUT2D eigenvalue weighted by atomic mass is 10.1. The van der Waals surface area contributed by atoms with Crippen molar-refractivity contribution in [3.8, 4) is 5.75 Å². The molecule has 0 saturated heterocycles. The van der Waals surface area contributed by atoms with Crippen molar-refractivity contribution in [1.29, 1.82) is 0 Å². The first-order valence-corrected chi connectivity index (χ1v) is 9.13. The van der Waals surface area contributed by atoms with E-state index < -0.39 is 18.5 Å². The minimum absolute atomic E-state index is 0.204. The summed E-state index contributed by atoms with van der Waals surface area (Å²) in [5, 5.41) is 5.82. The van der Waals surface area contributed by atoms with E-state index in [1.54, 1.807) is 48.5 Å². The number of hydrogen-bond acceptors (Lipinski definition) is 5. The Bertz CT molecular complexity index is 882. The van der Waals surface area contributed by atoms with Gasteiger partial charge in [-0.15, -0.1) is 0 Å². The van der Waals surface area contributed by atoms with Crippen LogP contribution < -0.4 is 15.4 Å². The molecular weight excluding hydrogens is 384 g/mol. The van der Waals surface area contributed by atoms with Gasteiger partial charge in [0, 0.05) is 6.04 Å². The van der Waals surface area contributed by atoms with Crippen molar-refractivity contribution < 1.29 is 23.9 Å². The molecule has 146 valence electrons. The maximum Gasteiger partial charge on any atom is 0.344 e. The number of nitrogens with one attached hydrogen (secondary N) is 2. The summed E-state index contributed by atoms with van der Waals surface area (Å²) in [6.45, 7) is -0.874. The summed E-state index contributed by atoms with van der Waals surface area (Å²) >= 11 is 5.93. The lowest BCUT2D eigenvalue weighted by Crippen LogP contribution is -2.28. The molecule has 0 aromatic heterocycles. The maximum absolute atomic E-state index is 12.2. The fourth-order valence-corrected chi connectivity index (χ4v) is 2.54. The molecule has 28 heavy (non-hydrogen) atoms. The van der Waals surface area contributed by atoms with Crippen molar-refractivity contribution in [3.05, 3.63) is 59.1 Å². The number of amides is 2. The molecule has 0 unspecified atom stereocenters. The van der Waals surface area contributed by atoms with E-state index >= 15 is 0 Å². The predicted molar refractivity (Wildman–Crippen MR) is 103 cm³/mol. The van der Waals surface area contributed by atoms with Gasteiger partial charge in [0.1, 0.15) is 5.75 Å². The van der Waals surface area contributed by atoms with Gasteiger partial charge in [-0.3, -0.25) is 9.59 Å². The summed E-state index contributed by atoms with van der Waals surface area (Å²) in [5.74, 6) is -1.17. The SMILES string of the molecule is O=C(COC(=O)COc1ccccc1Cl)Nc1ccccc1C(=O)NC1CC1. The lowest BCUT2D eigenvalue weighted by Gasteiger charge is -2.11. The molecule has 0 heterocycles. The summed E-state index contributed by atoms with van der Waals surface area (Å²) in [4.78, 5) is 36.1. The second-order valence-electron chi connectivity index (χ2n) is 6.22. The van der Waals surface area contributed by atoms with Gasteiger partial charge in [0.15, 0.2) is 13.2 Å². The van der Waals surface area contributed by atoms with Crippen LogP contribution in [0.15, 0.2) is 48.5 Å². The van der Waals surface area contributed by atoms with Gasteiger partial charge in [-0.25, -0.2) is 4.79 Å². The third kappa shape index (κ3) is 5.72. The second kappa shape index (κ2) is 9.23.